The largest absolute Gasteiger partial charge is 0.461 e. The van der Waals surface area contributed by atoms with E-state index < -0.39 is 0 Å². The third-order valence-corrected chi connectivity index (χ3v) is 5.75. The number of hydrogen-bond acceptors (Lipinski definition) is 3. The molecule has 0 bridgehead atoms. The number of nitrogens with zero attached hydrogens (tertiary/aromatic N) is 1. The minimum Gasteiger partial charge on any atom is -0.461 e. The van der Waals surface area contributed by atoms with Gasteiger partial charge in [0.05, 0.1) is 0 Å². The van der Waals surface area contributed by atoms with Crippen molar-refractivity contribution in [3.05, 3.63) is 41.7 Å². The molecule has 1 saturated carbocycles. The SMILES string of the molecule is CC(C)(C)CC(=O)Nc1cccc(-c2cc3c(o2)CCN(C(=O)C2CCC2)C3)c1. The number of hydrogen-bond donors (Lipinski definition) is 1. The molecule has 1 fully saturated rings. The monoisotopic (exact) mass is 394 g/mol. The fourth-order valence-electron chi connectivity index (χ4n) is 4.01. The molecule has 0 spiro atoms. The van der Waals surface area contributed by atoms with E-state index in [-0.39, 0.29) is 17.2 Å². The average Bonchev–Trinajstić information content (AvgIpc) is 3.02. The average molecular weight is 395 g/mol. The standard InChI is InChI=1S/C24H30N2O3/c1-24(2,3)14-22(27)25-19-9-5-8-17(12-19)21-13-18-15-26(11-10-20(18)29-21)23(28)16-6-4-7-16/h5,8-9,12-13,16H,4,6-7,10-11,14-15H2,1-3H3,(H,25,27). The summed E-state index contributed by atoms with van der Waals surface area (Å²) < 4.78 is 6.11. The normalized spacial score (nSPS) is 16.9. The van der Waals surface area contributed by atoms with Crippen LogP contribution in [0.25, 0.3) is 11.3 Å². The Hall–Kier alpha value is -2.56. The molecular weight excluding hydrogens is 364 g/mol. The third kappa shape index (κ3) is 4.55. The van der Waals surface area contributed by atoms with Gasteiger partial charge in [-0.2, -0.15) is 0 Å². The maximum Gasteiger partial charge on any atom is 0.225 e. The van der Waals surface area contributed by atoms with E-state index >= 15 is 0 Å². The summed E-state index contributed by atoms with van der Waals surface area (Å²) in [4.78, 5) is 26.8. The molecule has 2 heterocycles. The number of rotatable bonds is 4. The van der Waals surface area contributed by atoms with Crippen molar-refractivity contribution >= 4 is 17.5 Å². The zero-order valence-electron chi connectivity index (χ0n) is 17.6. The minimum absolute atomic E-state index is 0.0125. The van der Waals surface area contributed by atoms with Crippen LogP contribution in [0.2, 0.25) is 0 Å². The Morgan fingerprint density at radius 2 is 2.00 bits per heavy atom. The number of anilines is 1. The van der Waals surface area contributed by atoms with Gasteiger partial charge in [0.25, 0.3) is 0 Å². The van der Waals surface area contributed by atoms with Crippen molar-refractivity contribution in [1.29, 1.82) is 0 Å². The fraction of sp³-hybridized carbons (Fsp3) is 0.500. The molecule has 1 aliphatic carbocycles. The first kappa shape index (κ1) is 19.7. The zero-order chi connectivity index (χ0) is 20.6. The van der Waals surface area contributed by atoms with E-state index in [9.17, 15) is 9.59 Å². The summed E-state index contributed by atoms with van der Waals surface area (Å²) in [5, 5.41) is 2.98. The Labute approximate surface area is 172 Å². The van der Waals surface area contributed by atoms with Gasteiger partial charge in [0.15, 0.2) is 0 Å². The Kier molecular flexibility index (Phi) is 5.24. The number of amides is 2. The highest BCUT2D eigenvalue weighted by atomic mass is 16.3. The predicted octanol–water partition coefficient (Wildman–Crippen LogP) is 5.01. The Morgan fingerprint density at radius 3 is 2.69 bits per heavy atom. The summed E-state index contributed by atoms with van der Waals surface area (Å²) in [7, 11) is 0. The van der Waals surface area contributed by atoms with E-state index in [0.717, 1.165) is 54.1 Å². The van der Waals surface area contributed by atoms with Gasteiger partial charge in [0.1, 0.15) is 11.5 Å². The fourth-order valence-corrected chi connectivity index (χ4v) is 4.01. The van der Waals surface area contributed by atoms with Crippen LogP contribution >= 0.6 is 0 Å². The lowest BCUT2D eigenvalue weighted by molar-refractivity contribution is -0.139. The van der Waals surface area contributed by atoms with Crippen molar-refractivity contribution in [2.75, 3.05) is 11.9 Å². The highest BCUT2D eigenvalue weighted by molar-refractivity contribution is 5.91. The molecule has 2 amide bonds. The lowest BCUT2D eigenvalue weighted by Gasteiger charge is -2.33. The summed E-state index contributed by atoms with van der Waals surface area (Å²) in [5.41, 5.74) is 2.75. The molecule has 29 heavy (non-hydrogen) atoms. The molecule has 5 nitrogen and oxygen atoms in total. The predicted molar refractivity (Wildman–Crippen MR) is 113 cm³/mol. The van der Waals surface area contributed by atoms with Crippen molar-refractivity contribution in [2.24, 2.45) is 11.3 Å². The molecule has 1 aliphatic heterocycles. The molecule has 4 rings (SSSR count). The van der Waals surface area contributed by atoms with Crippen LogP contribution in [0.3, 0.4) is 0 Å². The molecular formula is C24H30N2O3. The Bertz CT molecular complexity index is 918. The van der Waals surface area contributed by atoms with E-state index in [0.29, 0.717) is 18.9 Å². The van der Waals surface area contributed by atoms with Crippen LogP contribution in [0, 0.1) is 11.3 Å². The van der Waals surface area contributed by atoms with Gasteiger partial charge >= 0.3 is 0 Å². The van der Waals surface area contributed by atoms with Crippen molar-refractivity contribution in [2.45, 2.75) is 59.4 Å². The van der Waals surface area contributed by atoms with Gasteiger partial charge in [0.2, 0.25) is 11.8 Å². The first-order chi connectivity index (χ1) is 13.8. The molecule has 2 aromatic rings. The number of benzene rings is 1. The lowest BCUT2D eigenvalue weighted by atomic mass is 9.84. The molecule has 1 N–H and O–H groups in total. The van der Waals surface area contributed by atoms with Crippen molar-refractivity contribution in [3.8, 4) is 11.3 Å². The number of carbonyl (C=O) groups excluding carboxylic acids is 2. The number of fused-ring (bicyclic) bond motifs is 1. The van der Waals surface area contributed by atoms with Gasteiger partial charge in [-0.05, 0) is 36.5 Å². The van der Waals surface area contributed by atoms with Gasteiger partial charge in [-0.3, -0.25) is 9.59 Å². The lowest BCUT2D eigenvalue weighted by Crippen LogP contribution is -2.41. The van der Waals surface area contributed by atoms with Gasteiger partial charge in [-0.1, -0.05) is 39.3 Å². The van der Waals surface area contributed by atoms with Crippen LogP contribution < -0.4 is 5.32 Å². The van der Waals surface area contributed by atoms with E-state index in [4.69, 9.17) is 4.42 Å². The summed E-state index contributed by atoms with van der Waals surface area (Å²) in [6.07, 6.45) is 4.47. The van der Waals surface area contributed by atoms with Gasteiger partial charge in [-0.25, -0.2) is 0 Å². The first-order valence-electron chi connectivity index (χ1n) is 10.6. The molecule has 154 valence electrons. The van der Waals surface area contributed by atoms with E-state index in [1.165, 1.54) is 6.42 Å². The maximum atomic E-state index is 12.6. The summed E-state index contributed by atoms with van der Waals surface area (Å²) in [6.45, 7) is 7.52. The van der Waals surface area contributed by atoms with Crippen LogP contribution in [0.4, 0.5) is 5.69 Å². The van der Waals surface area contributed by atoms with E-state index in [2.05, 4.69) is 26.1 Å². The van der Waals surface area contributed by atoms with Crippen LogP contribution in [-0.2, 0) is 22.6 Å². The maximum absolute atomic E-state index is 12.6. The second kappa shape index (κ2) is 7.69. The molecule has 0 unspecified atom stereocenters. The van der Waals surface area contributed by atoms with Gasteiger partial charge in [-0.15, -0.1) is 0 Å². The van der Waals surface area contributed by atoms with Gasteiger partial charge < -0.3 is 14.6 Å². The number of nitrogens with one attached hydrogen (secondary N) is 1. The second-order valence-electron chi connectivity index (χ2n) is 9.56. The van der Waals surface area contributed by atoms with Crippen molar-refractivity contribution < 1.29 is 14.0 Å². The summed E-state index contributed by atoms with van der Waals surface area (Å²) >= 11 is 0. The molecule has 1 aromatic heterocycles. The third-order valence-electron chi connectivity index (χ3n) is 5.75. The topological polar surface area (TPSA) is 62.6 Å². The number of furan rings is 1. The molecule has 0 atom stereocenters. The first-order valence-corrected chi connectivity index (χ1v) is 10.6. The van der Waals surface area contributed by atoms with E-state index in [1.807, 2.05) is 35.2 Å². The van der Waals surface area contributed by atoms with Crippen LogP contribution in [-0.4, -0.2) is 23.3 Å². The molecule has 2 aliphatic rings. The zero-order valence-corrected chi connectivity index (χ0v) is 17.6. The molecule has 5 heteroatoms. The van der Waals surface area contributed by atoms with Crippen molar-refractivity contribution in [3.63, 3.8) is 0 Å². The van der Waals surface area contributed by atoms with Gasteiger partial charge in [0, 0.05) is 48.7 Å². The van der Waals surface area contributed by atoms with Crippen LogP contribution in [0.1, 0.15) is 57.8 Å². The Balaban J connectivity index is 1.47. The molecule has 0 saturated heterocycles. The van der Waals surface area contributed by atoms with Crippen LogP contribution in [0.5, 0.6) is 0 Å². The minimum atomic E-state index is -0.0510. The second-order valence-corrected chi connectivity index (χ2v) is 9.56. The highest BCUT2D eigenvalue weighted by Gasteiger charge is 2.32. The smallest absolute Gasteiger partial charge is 0.225 e. The quantitative estimate of drug-likeness (QED) is 0.793. The molecule has 1 aromatic carbocycles. The van der Waals surface area contributed by atoms with E-state index in [1.54, 1.807) is 0 Å². The summed E-state index contributed by atoms with van der Waals surface area (Å²) in [5.74, 6) is 2.31. The van der Waals surface area contributed by atoms with Crippen LogP contribution in [0.15, 0.2) is 34.7 Å². The Morgan fingerprint density at radius 1 is 1.21 bits per heavy atom. The highest BCUT2D eigenvalue weighted by Crippen LogP contribution is 2.34. The van der Waals surface area contributed by atoms with Crippen molar-refractivity contribution in [1.82, 2.24) is 4.90 Å². The summed E-state index contributed by atoms with van der Waals surface area (Å²) in [6, 6.07) is 9.80. The molecule has 0 radical (unpaired) electrons. The number of carbonyl (C=O) groups is 2.